The molecule has 0 saturated carbocycles. The van der Waals surface area contributed by atoms with Crippen LogP contribution in [0.2, 0.25) is 0 Å². The minimum atomic E-state index is -2.67. The molecule has 3 aromatic heterocycles. The predicted molar refractivity (Wildman–Crippen MR) is 104 cm³/mol. The van der Waals surface area contributed by atoms with Crippen LogP contribution >= 0.6 is 10.6 Å². The Kier molecular flexibility index (Phi) is 4.72. The Balaban J connectivity index is 1.66. The van der Waals surface area contributed by atoms with Crippen LogP contribution in [0.4, 0.5) is 26.0 Å². The number of hydrogen-bond donors (Lipinski definition) is 4. The van der Waals surface area contributed by atoms with Crippen LogP contribution in [-0.2, 0) is 0 Å². The predicted octanol–water partition coefficient (Wildman–Crippen LogP) is 1.81. The van der Waals surface area contributed by atoms with Crippen molar-refractivity contribution >= 4 is 39.3 Å². The van der Waals surface area contributed by atoms with Gasteiger partial charge in [-0.05, 0) is 0 Å². The summed E-state index contributed by atoms with van der Waals surface area (Å²) in [6.45, 7) is 0.400. The van der Waals surface area contributed by atoms with E-state index in [1.165, 1.54) is 6.20 Å². The van der Waals surface area contributed by atoms with Gasteiger partial charge in [-0.15, -0.1) is 5.10 Å². The van der Waals surface area contributed by atoms with Gasteiger partial charge in [-0.2, -0.15) is 10.6 Å². The van der Waals surface area contributed by atoms with Crippen LogP contribution in [0.3, 0.4) is 0 Å². The molecule has 3 aromatic rings. The second-order valence-corrected chi connectivity index (χ2v) is 8.89. The van der Waals surface area contributed by atoms with Gasteiger partial charge in [-0.1, -0.05) is 0 Å². The van der Waals surface area contributed by atoms with Gasteiger partial charge in [-0.3, -0.25) is 18.9 Å². The summed E-state index contributed by atoms with van der Waals surface area (Å²) < 4.78 is 48.5. The average Bonchev–Trinajstić information content (AvgIpc) is 2.97. The minimum Gasteiger partial charge on any atom is -0.381 e. The molecule has 13 heteroatoms. The van der Waals surface area contributed by atoms with Crippen LogP contribution < -0.4 is 16.0 Å². The summed E-state index contributed by atoms with van der Waals surface area (Å²) in [5.41, 5.74) is 5.90. The summed E-state index contributed by atoms with van der Waals surface area (Å²) in [5.74, 6) is -2.02. The maximum absolute atomic E-state index is 14.5. The van der Waals surface area contributed by atoms with E-state index in [0.717, 1.165) is 23.1 Å². The van der Waals surface area contributed by atoms with Crippen molar-refractivity contribution in [3.63, 3.8) is 0 Å². The number of rotatable bonds is 3. The Morgan fingerprint density at radius 1 is 1.21 bits per heavy atom. The van der Waals surface area contributed by atoms with Gasteiger partial charge < -0.3 is 16.0 Å². The Morgan fingerprint density at radius 3 is 2.66 bits per heavy atom. The van der Waals surface area contributed by atoms with Crippen molar-refractivity contribution < 1.29 is 22.7 Å². The fraction of sp³-hybridized carbons (Fsp3) is 0.250. The van der Waals surface area contributed by atoms with Gasteiger partial charge in [0.05, 0.1) is 42.0 Å². The molecule has 29 heavy (non-hydrogen) atoms. The molecule has 1 amide bonds. The molecular formula is C16H17F2N7O3S. The van der Waals surface area contributed by atoms with Crippen molar-refractivity contribution in [3.8, 4) is 0 Å². The van der Waals surface area contributed by atoms with E-state index in [2.05, 4.69) is 20.4 Å². The number of nitrogen functional groups attached to an aromatic ring is 1. The molecule has 4 heterocycles. The molecular weight excluding hydrogens is 408 g/mol. The van der Waals surface area contributed by atoms with Crippen LogP contribution in [-0.4, -0.2) is 59.2 Å². The molecule has 1 aliphatic rings. The molecule has 4 rings (SSSR count). The lowest BCUT2D eigenvalue weighted by Crippen LogP contribution is -2.39. The van der Waals surface area contributed by atoms with Gasteiger partial charge in [0.25, 0.3) is 5.91 Å². The van der Waals surface area contributed by atoms with Gasteiger partial charge in [-0.25, -0.2) is 18.3 Å². The zero-order valence-electron chi connectivity index (χ0n) is 14.9. The molecule has 0 aliphatic carbocycles. The zero-order valence-corrected chi connectivity index (χ0v) is 15.7. The lowest BCUT2D eigenvalue weighted by atomic mass is 10.2. The number of nitrogens with one attached hydrogen (secondary N) is 1. The van der Waals surface area contributed by atoms with E-state index in [0.29, 0.717) is 0 Å². The Hall–Kier alpha value is -3.03. The highest BCUT2D eigenvalue weighted by atomic mass is 32.3. The summed E-state index contributed by atoms with van der Waals surface area (Å²) >= 11 is 0. The van der Waals surface area contributed by atoms with Crippen molar-refractivity contribution in [2.24, 2.45) is 0 Å². The molecule has 1 fully saturated rings. The number of hydrogen-bond acceptors (Lipinski definition) is 8. The van der Waals surface area contributed by atoms with E-state index >= 15 is 0 Å². The second-order valence-electron chi connectivity index (χ2n) is 6.47. The second kappa shape index (κ2) is 7.09. The fourth-order valence-electron chi connectivity index (χ4n) is 3.12. The first-order valence-corrected chi connectivity index (χ1v) is 10.4. The lowest BCUT2D eigenvalue weighted by molar-refractivity contribution is 0.102. The minimum absolute atomic E-state index is 0.0410. The lowest BCUT2D eigenvalue weighted by Gasteiger charge is -2.42. The molecule has 5 N–H and O–H groups in total. The van der Waals surface area contributed by atoms with E-state index < -0.39 is 28.1 Å². The van der Waals surface area contributed by atoms with Crippen molar-refractivity contribution in [3.05, 3.63) is 42.0 Å². The SMILES string of the molecule is Nc1nn2cc(F)cnc2c1C(=O)Nc1cncc(F)c1N1CCS(O)(O)CC1. The number of nitrogens with zero attached hydrogens (tertiary/aromatic N) is 5. The smallest absolute Gasteiger partial charge is 0.263 e. The van der Waals surface area contributed by atoms with Crippen LogP contribution in [0.1, 0.15) is 10.4 Å². The number of aromatic nitrogens is 4. The highest BCUT2D eigenvalue weighted by Crippen LogP contribution is 2.42. The number of nitrogens with two attached hydrogens (primary N) is 1. The van der Waals surface area contributed by atoms with E-state index in [-0.39, 0.29) is 53.0 Å². The average molecular weight is 425 g/mol. The Labute approximate surface area is 164 Å². The fourth-order valence-corrected chi connectivity index (χ4v) is 4.35. The van der Waals surface area contributed by atoms with Crippen molar-refractivity contribution in [1.82, 2.24) is 19.6 Å². The third kappa shape index (κ3) is 3.66. The third-order valence-electron chi connectivity index (χ3n) is 4.51. The highest BCUT2D eigenvalue weighted by molar-refractivity contribution is 8.24. The normalized spacial score (nSPS) is 17.3. The monoisotopic (exact) mass is 425 g/mol. The zero-order chi connectivity index (χ0) is 20.8. The van der Waals surface area contributed by atoms with Crippen LogP contribution in [0.5, 0.6) is 0 Å². The molecule has 10 nitrogen and oxygen atoms in total. The largest absolute Gasteiger partial charge is 0.381 e. The first-order valence-electron chi connectivity index (χ1n) is 8.48. The summed E-state index contributed by atoms with van der Waals surface area (Å²) in [6.07, 6.45) is 4.23. The molecule has 154 valence electrons. The van der Waals surface area contributed by atoms with E-state index in [4.69, 9.17) is 5.73 Å². The molecule has 0 atom stereocenters. The molecule has 1 aliphatic heterocycles. The Bertz CT molecular complexity index is 1100. The molecule has 0 aromatic carbocycles. The van der Waals surface area contributed by atoms with Crippen molar-refractivity contribution in [2.45, 2.75) is 0 Å². The first-order chi connectivity index (χ1) is 13.7. The van der Waals surface area contributed by atoms with Crippen LogP contribution in [0.15, 0.2) is 24.8 Å². The first kappa shape index (κ1) is 19.3. The summed E-state index contributed by atoms with van der Waals surface area (Å²) in [5, 5.41) is 6.41. The van der Waals surface area contributed by atoms with Gasteiger partial charge in [0.15, 0.2) is 23.1 Å². The number of pyridine rings is 1. The summed E-state index contributed by atoms with van der Waals surface area (Å²) in [4.78, 5) is 22.0. The van der Waals surface area contributed by atoms with Crippen molar-refractivity contribution in [2.75, 3.05) is 40.5 Å². The quantitative estimate of drug-likeness (QED) is 0.498. The molecule has 1 saturated heterocycles. The van der Waals surface area contributed by atoms with Gasteiger partial charge in [0.1, 0.15) is 11.3 Å². The van der Waals surface area contributed by atoms with Gasteiger partial charge in [0, 0.05) is 13.1 Å². The van der Waals surface area contributed by atoms with Gasteiger partial charge >= 0.3 is 0 Å². The van der Waals surface area contributed by atoms with E-state index in [1.807, 2.05) is 0 Å². The van der Waals surface area contributed by atoms with Crippen LogP contribution in [0.25, 0.3) is 5.65 Å². The van der Waals surface area contributed by atoms with Crippen molar-refractivity contribution in [1.29, 1.82) is 0 Å². The number of halogens is 2. The topological polar surface area (TPSA) is 142 Å². The molecule has 0 radical (unpaired) electrons. The number of amides is 1. The number of carbonyl (C=O) groups excluding carboxylic acids is 1. The van der Waals surface area contributed by atoms with E-state index in [9.17, 15) is 22.7 Å². The molecule has 0 bridgehead atoms. The maximum atomic E-state index is 14.5. The van der Waals surface area contributed by atoms with E-state index in [1.54, 1.807) is 4.90 Å². The molecule has 0 spiro atoms. The maximum Gasteiger partial charge on any atom is 0.263 e. The Morgan fingerprint density at radius 2 is 1.93 bits per heavy atom. The summed E-state index contributed by atoms with van der Waals surface area (Å²) in [7, 11) is -2.67. The molecule has 0 unspecified atom stereocenters. The number of anilines is 3. The number of carbonyl (C=O) groups is 1. The highest BCUT2D eigenvalue weighted by Gasteiger charge is 2.27. The summed E-state index contributed by atoms with van der Waals surface area (Å²) in [6, 6.07) is 0. The third-order valence-corrected chi connectivity index (χ3v) is 6.18. The van der Waals surface area contributed by atoms with Gasteiger partial charge in [0.2, 0.25) is 0 Å². The van der Waals surface area contributed by atoms with Crippen LogP contribution in [0, 0.1) is 11.6 Å². The number of fused-ring (bicyclic) bond motifs is 1. The standard InChI is InChI=1S/C16H17F2N7O3S/c17-9-5-21-15-12(14(19)23-25(15)8-9)16(26)22-11-7-20-6-10(18)13(11)24-1-3-29(27,28)4-2-24/h5-8,27-28H,1-4H2,(H2,19,23)(H,22,26).